The summed E-state index contributed by atoms with van der Waals surface area (Å²) in [6.07, 6.45) is 3.86. The van der Waals surface area contributed by atoms with Gasteiger partial charge < -0.3 is 5.73 Å². The van der Waals surface area contributed by atoms with Crippen molar-refractivity contribution in [1.29, 1.82) is 0 Å². The average molecular weight is 344 g/mol. The highest BCUT2D eigenvalue weighted by Crippen LogP contribution is 2.26. The van der Waals surface area contributed by atoms with Gasteiger partial charge in [0.2, 0.25) is 0 Å². The van der Waals surface area contributed by atoms with Crippen molar-refractivity contribution in [3.63, 3.8) is 0 Å². The smallest absolute Gasteiger partial charge is 0.150 e. The minimum absolute atomic E-state index is 0.200. The van der Waals surface area contributed by atoms with E-state index in [9.17, 15) is 8.78 Å². The normalized spacial score (nSPS) is 12.9. The predicted octanol–water partition coefficient (Wildman–Crippen LogP) is 3.96. The topological polar surface area (TPSA) is 43.8 Å². The Kier molecular flexibility index (Phi) is 4.55. The monoisotopic (exact) mass is 343 g/mol. The van der Waals surface area contributed by atoms with Crippen LogP contribution in [0.1, 0.15) is 32.0 Å². The summed E-state index contributed by atoms with van der Waals surface area (Å²) in [6, 6.07) is 1.98. The molecular formula is C14H16BrF2N3. The molecule has 0 aliphatic rings. The predicted molar refractivity (Wildman–Crippen MR) is 77.6 cm³/mol. The van der Waals surface area contributed by atoms with Crippen molar-refractivity contribution in [1.82, 2.24) is 9.55 Å². The van der Waals surface area contributed by atoms with Gasteiger partial charge in [-0.3, -0.25) is 4.57 Å². The van der Waals surface area contributed by atoms with Crippen molar-refractivity contribution in [2.75, 3.05) is 0 Å². The van der Waals surface area contributed by atoms with E-state index in [4.69, 9.17) is 5.73 Å². The van der Waals surface area contributed by atoms with E-state index in [1.807, 2.05) is 0 Å². The summed E-state index contributed by atoms with van der Waals surface area (Å²) >= 11 is 3.06. The van der Waals surface area contributed by atoms with Crippen LogP contribution < -0.4 is 5.73 Å². The lowest BCUT2D eigenvalue weighted by atomic mass is 10.0. The van der Waals surface area contributed by atoms with Crippen LogP contribution in [0.5, 0.6) is 0 Å². The van der Waals surface area contributed by atoms with Gasteiger partial charge in [0.1, 0.15) is 11.6 Å². The summed E-state index contributed by atoms with van der Waals surface area (Å²) in [5, 5.41) is 0. The fourth-order valence-corrected chi connectivity index (χ4v) is 2.44. The summed E-state index contributed by atoms with van der Waals surface area (Å²) in [5.74, 6) is -0.876. The molecule has 2 aromatic rings. The Labute approximate surface area is 124 Å². The molecule has 0 aliphatic heterocycles. The fraction of sp³-hybridized carbons (Fsp3) is 0.357. The number of rotatable bonds is 4. The zero-order valence-electron chi connectivity index (χ0n) is 11.3. The van der Waals surface area contributed by atoms with Crippen LogP contribution in [-0.2, 0) is 0 Å². The van der Waals surface area contributed by atoms with Crippen LogP contribution in [0.2, 0.25) is 0 Å². The van der Waals surface area contributed by atoms with Gasteiger partial charge in [0.25, 0.3) is 0 Å². The molecule has 1 atom stereocenters. The molecule has 0 spiro atoms. The van der Waals surface area contributed by atoms with E-state index in [-0.39, 0.29) is 16.2 Å². The van der Waals surface area contributed by atoms with Crippen LogP contribution in [0.15, 0.2) is 29.1 Å². The summed E-state index contributed by atoms with van der Waals surface area (Å²) in [6.45, 7) is 4.13. The molecule has 1 aromatic carbocycles. The molecule has 1 heterocycles. The second kappa shape index (κ2) is 6.01. The molecule has 0 bridgehead atoms. The Morgan fingerprint density at radius 3 is 2.65 bits per heavy atom. The van der Waals surface area contributed by atoms with Gasteiger partial charge in [0.05, 0.1) is 28.4 Å². The van der Waals surface area contributed by atoms with E-state index < -0.39 is 11.6 Å². The van der Waals surface area contributed by atoms with Crippen molar-refractivity contribution < 1.29 is 8.78 Å². The molecule has 0 amide bonds. The third-order valence-electron chi connectivity index (χ3n) is 3.02. The van der Waals surface area contributed by atoms with E-state index in [0.717, 1.165) is 12.5 Å². The first-order chi connectivity index (χ1) is 9.40. The van der Waals surface area contributed by atoms with Gasteiger partial charge in [-0.25, -0.2) is 13.8 Å². The summed E-state index contributed by atoms with van der Waals surface area (Å²) in [4.78, 5) is 4.03. The lowest BCUT2D eigenvalue weighted by molar-refractivity contribution is 0.495. The van der Waals surface area contributed by atoms with Crippen molar-refractivity contribution >= 4 is 15.9 Å². The molecule has 0 radical (unpaired) electrons. The third kappa shape index (κ3) is 3.07. The standard InChI is InChI=1S/C14H16BrF2N3/c1-8(2)3-12(18)14-6-19-7-20(14)13-4-9(15)10(16)5-11(13)17/h4-8,12H,3,18H2,1-2H3. The number of hydrogen-bond acceptors (Lipinski definition) is 2. The number of nitrogens with zero attached hydrogens (tertiary/aromatic N) is 2. The van der Waals surface area contributed by atoms with Gasteiger partial charge in [-0.2, -0.15) is 0 Å². The van der Waals surface area contributed by atoms with Crippen LogP contribution in [0.4, 0.5) is 8.78 Å². The van der Waals surface area contributed by atoms with Crippen LogP contribution in [-0.4, -0.2) is 9.55 Å². The number of halogens is 3. The second-order valence-electron chi connectivity index (χ2n) is 5.14. The Balaban J connectivity index is 2.44. The highest BCUT2D eigenvalue weighted by molar-refractivity contribution is 9.10. The van der Waals surface area contributed by atoms with Crippen LogP contribution in [0, 0.1) is 17.6 Å². The molecule has 108 valence electrons. The Morgan fingerprint density at radius 1 is 1.30 bits per heavy atom. The van der Waals surface area contributed by atoms with Gasteiger partial charge in [-0.15, -0.1) is 0 Å². The van der Waals surface area contributed by atoms with Crippen molar-refractivity contribution in [2.24, 2.45) is 11.7 Å². The molecule has 6 heteroatoms. The zero-order valence-corrected chi connectivity index (χ0v) is 12.9. The summed E-state index contributed by atoms with van der Waals surface area (Å²) in [7, 11) is 0. The molecular weight excluding hydrogens is 328 g/mol. The quantitative estimate of drug-likeness (QED) is 0.854. The highest BCUT2D eigenvalue weighted by Gasteiger charge is 2.17. The van der Waals surface area contributed by atoms with E-state index in [0.29, 0.717) is 11.6 Å². The molecule has 2 N–H and O–H groups in total. The Hall–Kier alpha value is -1.27. The van der Waals surface area contributed by atoms with Gasteiger partial charge in [0.15, 0.2) is 0 Å². The van der Waals surface area contributed by atoms with E-state index in [1.165, 1.54) is 12.4 Å². The highest BCUT2D eigenvalue weighted by atomic mass is 79.9. The summed E-state index contributed by atoms with van der Waals surface area (Å²) in [5.41, 5.74) is 7.06. The van der Waals surface area contributed by atoms with Crippen molar-refractivity contribution in [2.45, 2.75) is 26.3 Å². The number of imidazole rings is 1. The minimum Gasteiger partial charge on any atom is -0.323 e. The molecule has 0 aliphatic carbocycles. The molecule has 3 nitrogen and oxygen atoms in total. The largest absolute Gasteiger partial charge is 0.323 e. The number of hydrogen-bond donors (Lipinski definition) is 1. The number of benzene rings is 1. The molecule has 0 fully saturated rings. The first-order valence-corrected chi connectivity index (χ1v) is 7.12. The maximum atomic E-state index is 13.9. The average Bonchev–Trinajstić information content (AvgIpc) is 2.81. The number of aromatic nitrogens is 2. The van der Waals surface area contributed by atoms with Gasteiger partial charge in [-0.1, -0.05) is 13.8 Å². The lowest BCUT2D eigenvalue weighted by Gasteiger charge is -2.17. The van der Waals surface area contributed by atoms with Gasteiger partial charge in [0, 0.05) is 12.1 Å². The van der Waals surface area contributed by atoms with Crippen LogP contribution in [0.3, 0.4) is 0 Å². The third-order valence-corrected chi connectivity index (χ3v) is 3.63. The SMILES string of the molecule is CC(C)CC(N)c1cncn1-c1cc(Br)c(F)cc1F. The molecule has 1 unspecified atom stereocenters. The Bertz CT molecular complexity index is 610. The zero-order chi connectivity index (χ0) is 14.9. The van der Waals surface area contributed by atoms with Gasteiger partial charge in [-0.05, 0) is 34.3 Å². The van der Waals surface area contributed by atoms with E-state index >= 15 is 0 Å². The van der Waals surface area contributed by atoms with Gasteiger partial charge >= 0.3 is 0 Å². The second-order valence-corrected chi connectivity index (χ2v) is 6.00. The van der Waals surface area contributed by atoms with Crippen LogP contribution in [0.25, 0.3) is 5.69 Å². The maximum Gasteiger partial charge on any atom is 0.150 e. The summed E-state index contributed by atoms with van der Waals surface area (Å²) < 4.78 is 29.0. The maximum absolute atomic E-state index is 13.9. The first kappa shape index (κ1) is 15.1. The van der Waals surface area contributed by atoms with E-state index in [2.05, 4.69) is 34.8 Å². The Morgan fingerprint density at radius 2 is 2.00 bits per heavy atom. The molecule has 20 heavy (non-hydrogen) atoms. The molecule has 0 saturated heterocycles. The molecule has 0 saturated carbocycles. The first-order valence-electron chi connectivity index (χ1n) is 6.33. The van der Waals surface area contributed by atoms with E-state index in [1.54, 1.807) is 10.8 Å². The molecule has 2 rings (SSSR count). The molecule has 1 aromatic heterocycles. The van der Waals surface area contributed by atoms with Crippen molar-refractivity contribution in [3.05, 3.63) is 46.5 Å². The lowest BCUT2D eigenvalue weighted by Crippen LogP contribution is -2.17. The van der Waals surface area contributed by atoms with Crippen LogP contribution >= 0.6 is 15.9 Å². The minimum atomic E-state index is -0.651. The number of nitrogens with two attached hydrogens (primary N) is 1. The van der Waals surface area contributed by atoms with Crippen molar-refractivity contribution in [3.8, 4) is 5.69 Å². The fourth-order valence-electron chi connectivity index (χ4n) is 2.11.